The SMILES string of the molecule is CCN(CC)CC[C@@H](C(=O)c1ccc(Cl)cc1)c1ccccc1. The molecule has 0 saturated carbocycles. The lowest BCUT2D eigenvalue weighted by Gasteiger charge is -2.22. The van der Waals surface area contributed by atoms with Crippen LogP contribution < -0.4 is 0 Å². The van der Waals surface area contributed by atoms with Crippen molar-refractivity contribution in [3.63, 3.8) is 0 Å². The highest BCUT2D eigenvalue weighted by Gasteiger charge is 2.22. The average Bonchev–Trinajstić information content (AvgIpc) is 2.60. The van der Waals surface area contributed by atoms with Crippen molar-refractivity contribution in [2.75, 3.05) is 19.6 Å². The quantitative estimate of drug-likeness (QED) is 0.632. The van der Waals surface area contributed by atoms with Crippen LogP contribution in [0.1, 0.15) is 42.1 Å². The van der Waals surface area contributed by atoms with Crippen LogP contribution in [0.2, 0.25) is 5.02 Å². The Morgan fingerprint density at radius 2 is 1.61 bits per heavy atom. The fourth-order valence-corrected chi connectivity index (χ4v) is 2.93. The maximum absolute atomic E-state index is 13.0. The lowest BCUT2D eigenvalue weighted by molar-refractivity contribution is 0.0948. The normalized spacial score (nSPS) is 12.3. The summed E-state index contributed by atoms with van der Waals surface area (Å²) in [6.07, 6.45) is 0.827. The molecule has 0 fully saturated rings. The van der Waals surface area contributed by atoms with E-state index in [2.05, 4.69) is 18.7 Å². The van der Waals surface area contributed by atoms with E-state index >= 15 is 0 Å². The Bertz CT molecular complexity index is 605. The first kappa shape index (κ1) is 17.7. The van der Waals surface area contributed by atoms with Crippen LogP contribution in [0, 0.1) is 0 Å². The van der Waals surface area contributed by atoms with Gasteiger partial charge in [0.05, 0.1) is 0 Å². The number of nitrogens with zero attached hydrogens (tertiary/aromatic N) is 1. The number of hydrogen-bond acceptors (Lipinski definition) is 2. The molecule has 0 radical (unpaired) electrons. The van der Waals surface area contributed by atoms with Crippen molar-refractivity contribution in [3.8, 4) is 0 Å². The Morgan fingerprint density at radius 3 is 2.17 bits per heavy atom. The van der Waals surface area contributed by atoms with Crippen LogP contribution in [0.3, 0.4) is 0 Å². The number of halogens is 1. The van der Waals surface area contributed by atoms with Crippen LogP contribution in [-0.4, -0.2) is 30.3 Å². The maximum atomic E-state index is 13.0. The molecule has 122 valence electrons. The summed E-state index contributed by atoms with van der Waals surface area (Å²) in [5.74, 6) is 0.0537. The predicted octanol–water partition coefficient (Wildman–Crippen LogP) is 5.04. The molecule has 0 heterocycles. The summed E-state index contributed by atoms with van der Waals surface area (Å²) in [4.78, 5) is 15.3. The number of Topliss-reactive ketones (excluding diaryl/α,β-unsaturated/α-hetero) is 1. The third-order valence-electron chi connectivity index (χ3n) is 4.28. The van der Waals surface area contributed by atoms with Gasteiger partial charge in [0.15, 0.2) is 5.78 Å². The number of ketones is 1. The summed E-state index contributed by atoms with van der Waals surface area (Å²) in [5, 5.41) is 0.654. The highest BCUT2D eigenvalue weighted by atomic mass is 35.5. The van der Waals surface area contributed by atoms with Gasteiger partial charge in [-0.3, -0.25) is 4.79 Å². The largest absolute Gasteiger partial charge is 0.304 e. The molecule has 2 aromatic rings. The molecule has 0 spiro atoms. The summed E-state index contributed by atoms with van der Waals surface area (Å²) in [5.41, 5.74) is 1.81. The van der Waals surface area contributed by atoms with Gasteiger partial charge in [0.1, 0.15) is 0 Å². The van der Waals surface area contributed by atoms with Gasteiger partial charge in [-0.05, 0) is 55.9 Å². The van der Waals surface area contributed by atoms with Gasteiger partial charge in [0, 0.05) is 16.5 Å². The van der Waals surface area contributed by atoms with Crippen molar-refractivity contribution in [3.05, 3.63) is 70.7 Å². The summed E-state index contributed by atoms with van der Waals surface area (Å²) >= 11 is 5.94. The van der Waals surface area contributed by atoms with E-state index in [4.69, 9.17) is 11.6 Å². The van der Waals surface area contributed by atoms with Crippen molar-refractivity contribution >= 4 is 17.4 Å². The van der Waals surface area contributed by atoms with E-state index in [0.29, 0.717) is 5.02 Å². The maximum Gasteiger partial charge on any atom is 0.170 e. The minimum absolute atomic E-state index is 0.113. The van der Waals surface area contributed by atoms with E-state index in [1.54, 1.807) is 12.1 Å². The van der Waals surface area contributed by atoms with Crippen molar-refractivity contribution in [1.82, 2.24) is 4.90 Å². The minimum Gasteiger partial charge on any atom is -0.304 e. The molecule has 2 nitrogen and oxygen atoms in total. The monoisotopic (exact) mass is 329 g/mol. The molecule has 3 heteroatoms. The minimum atomic E-state index is -0.113. The fraction of sp³-hybridized carbons (Fsp3) is 0.350. The standard InChI is InChI=1S/C20H24ClNO/c1-3-22(4-2)15-14-19(16-8-6-5-7-9-16)20(23)17-10-12-18(21)13-11-17/h5-13,19H,3-4,14-15H2,1-2H3/t19-/m1/s1. The number of hydrogen-bond donors (Lipinski definition) is 0. The zero-order valence-electron chi connectivity index (χ0n) is 13.8. The van der Waals surface area contributed by atoms with E-state index in [9.17, 15) is 4.79 Å². The Hall–Kier alpha value is -1.64. The van der Waals surface area contributed by atoms with Gasteiger partial charge in [-0.1, -0.05) is 55.8 Å². The van der Waals surface area contributed by atoms with Crippen LogP contribution in [0.4, 0.5) is 0 Å². The molecule has 0 aliphatic rings. The molecule has 0 amide bonds. The van der Waals surface area contributed by atoms with Gasteiger partial charge in [0.2, 0.25) is 0 Å². The van der Waals surface area contributed by atoms with Gasteiger partial charge in [-0.15, -0.1) is 0 Å². The summed E-state index contributed by atoms with van der Waals surface area (Å²) in [7, 11) is 0. The highest BCUT2D eigenvalue weighted by Crippen LogP contribution is 2.25. The van der Waals surface area contributed by atoms with Crippen LogP contribution >= 0.6 is 11.6 Å². The topological polar surface area (TPSA) is 20.3 Å². The molecule has 2 aromatic carbocycles. The number of carbonyl (C=O) groups excluding carboxylic acids is 1. The lowest BCUT2D eigenvalue weighted by atomic mass is 9.88. The molecule has 0 N–H and O–H groups in total. The van der Waals surface area contributed by atoms with Gasteiger partial charge in [-0.2, -0.15) is 0 Å². The zero-order valence-corrected chi connectivity index (χ0v) is 14.6. The highest BCUT2D eigenvalue weighted by molar-refractivity contribution is 6.30. The van der Waals surface area contributed by atoms with E-state index in [1.165, 1.54) is 0 Å². The molecule has 1 atom stereocenters. The third kappa shape index (κ3) is 4.92. The number of carbonyl (C=O) groups is 1. The summed E-state index contributed by atoms with van der Waals surface area (Å²) in [6.45, 7) is 7.25. The second-order valence-electron chi connectivity index (χ2n) is 5.65. The Balaban J connectivity index is 2.22. The van der Waals surface area contributed by atoms with Gasteiger partial charge >= 0.3 is 0 Å². The Kier molecular flexibility index (Phi) is 6.82. The summed E-state index contributed by atoms with van der Waals surface area (Å²) in [6, 6.07) is 17.3. The van der Waals surface area contributed by atoms with Crippen LogP contribution in [-0.2, 0) is 0 Å². The molecule has 23 heavy (non-hydrogen) atoms. The average molecular weight is 330 g/mol. The summed E-state index contributed by atoms with van der Waals surface area (Å²) < 4.78 is 0. The molecular weight excluding hydrogens is 306 g/mol. The lowest BCUT2D eigenvalue weighted by Crippen LogP contribution is -2.27. The first-order valence-electron chi connectivity index (χ1n) is 8.22. The number of benzene rings is 2. The van der Waals surface area contributed by atoms with Gasteiger partial charge in [-0.25, -0.2) is 0 Å². The number of rotatable bonds is 8. The fourth-order valence-electron chi connectivity index (χ4n) is 2.80. The molecule has 0 bridgehead atoms. The van der Waals surface area contributed by atoms with Crippen LogP contribution in [0.25, 0.3) is 0 Å². The van der Waals surface area contributed by atoms with E-state index in [0.717, 1.165) is 37.2 Å². The second kappa shape index (κ2) is 8.85. The molecular formula is C20H24ClNO. The molecule has 0 saturated heterocycles. The van der Waals surface area contributed by atoms with Gasteiger partial charge < -0.3 is 4.90 Å². The first-order valence-corrected chi connectivity index (χ1v) is 8.60. The van der Waals surface area contributed by atoms with E-state index in [-0.39, 0.29) is 11.7 Å². The molecule has 0 aliphatic heterocycles. The van der Waals surface area contributed by atoms with Crippen LogP contribution in [0.15, 0.2) is 54.6 Å². The van der Waals surface area contributed by atoms with Crippen LogP contribution in [0.5, 0.6) is 0 Å². The Morgan fingerprint density at radius 1 is 1.00 bits per heavy atom. The first-order chi connectivity index (χ1) is 11.2. The smallest absolute Gasteiger partial charge is 0.170 e. The zero-order chi connectivity index (χ0) is 16.7. The van der Waals surface area contributed by atoms with Crippen molar-refractivity contribution < 1.29 is 4.79 Å². The third-order valence-corrected chi connectivity index (χ3v) is 4.53. The molecule has 0 unspecified atom stereocenters. The van der Waals surface area contributed by atoms with Crippen molar-refractivity contribution in [1.29, 1.82) is 0 Å². The molecule has 0 aromatic heterocycles. The van der Waals surface area contributed by atoms with E-state index in [1.807, 2.05) is 42.5 Å². The molecule has 2 rings (SSSR count). The molecule has 0 aliphatic carbocycles. The van der Waals surface area contributed by atoms with Gasteiger partial charge in [0.25, 0.3) is 0 Å². The van der Waals surface area contributed by atoms with Crippen molar-refractivity contribution in [2.45, 2.75) is 26.2 Å². The predicted molar refractivity (Wildman–Crippen MR) is 97.4 cm³/mol. The van der Waals surface area contributed by atoms with Crippen molar-refractivity contribution in [2.24, 2.45) is 0 Å². The second-order valence-corrected chi connectivity index (χ2v) is 6.09. The Labute approximate surface area is 144 Å². The van der Waals surface area contributed by atoms with E-state index < -0.39 is 0 Å².